The fourth-order valence-corrected chi connectivity index (χ4v) is 5.35. The van der Waals surface area contributed by atoms with Gasteiger partial charge in [0.15, 0.2) is 5.11 Å². The maximum atomic E-state index is 6.42. The van der Waals surface area contributed by atoms with E-state index >= 15 is 0 Å². The molecule has 8 heteroatoms. The highest BCUT2D eigenvalue weighted by atomic mass is 35.5. The molecule has 1 aliphatic rings. The monoisotopic (exact) mass is 571 g/mol. The summed E-state index contributed by atoms with van der Waals surface area (Å²) < 4.78 is 12.5. The van der Waals surface area contributed by atoms with Crippen molar-refractivity contribution in [2.45, 2.75) is 19.0 Å². The van der Waals surface area contributed by atoms with Crippen molar-refractivity contribution in [2.75, 3.05) is 4.90 Å². The van der Waals surface area contributed by atoms with Gasteiger partial charge in [-0.05, 0) is 97.5 Å². The Morgan fingerprint density at radius 2 is 1.69 bits per heavy atom. The molecule has 39 heavy (non-hydrogen) atoms. The molecule has 1 N–H and O–H groups in total. The van der Waals surface area contributed by atoms with Crippen molar-refractivity contribution in [3.05, 3.63) is 130 Å². The van der Waals surface area contributed by atoms with E-state index in [1.807, 2.05) is 91.9 Å². The third kappa shape index (κ3) is 5.11. The van der Waals surface area contributed by atoms with Gasteiger partial charge in [0.05, 0.1) is 21.8 Å². The van der Waals surface area contributed by atoms with Crippen LogP contribution in [-0.2, 0) is 0 Å². The van der Waals surface area contributed by atoms with Gasteiger partial charge >= 0.3 is 0 Å². The van der Waals surface area contributed by atoms with Crippen molar-refractivity contribution >= 4 is 46.2 Å². The number of para-hydroxylation sites is 1. The molecule has 0 radical (unpaired) electrons. The molecule has 2 unspecified atom stereocenters. The molecule has 1 aliphatic heterocycles. The first-order valence-corrected chi connectivity index (χ1v) is 13.5. The van der Waals surface area contributed by atoms with Gasteiger partial charge in [-0.2, -0.15) is 0 Å². The maximum absolute atomic E-state index is 6.42. The Morgan fingerprint density at radius 3 is 2.44 bits per heavy atom. The molecule has 0 saturated carbocycles. The first-order chi connectivity index (χ1) is 19.0. The first kappa shape index (κ1) is 25.4. The van der Waals surface area contributed by atoms with Crippen LogP contribution in [0.1, 0.15) is 29.1 Å². The minimum absolute atomic E-state index is 0.227. The van der Waals surface area contributed by atoms with Gasteiger partial charge in [0.25, 0.3) is 0 Å². The van der Waals surface area contributed by atoms with Crippen LogP contribution in [0.5, 0.6) is 11.5 Å². The summed E-state index contributed by atoms with van der Waals surface area (Å²) in [4.78, 5) is 6.67. The lowest BCUT2D eigenvalue weighted by molar-refractivity contribution is 0.439. The smallest absolute Gasteiger partial charge is 0.174 e. The van der Waals surface area contributed by atoms with E-state index < -0.39 is 0 Å². The zero-order chi connectivity index (χ0) is 26.9. The molecule has 3 heterocycles. The Kier molecular flexibility index (Phi) is 7.00. The second-order valence-electron chi connectivity index (χ2n) is 9.19. The highest BCUT2D eigenvalue weighted by molar-refractivity contribution is 7.80. The maximum Gasteiger partial charge on any atom is 0.174 e. The van der Waals surface area contributed by atoms with E-state index in [0.717, 1.165) is 39.8 Å². The Hall–Kier alpha value is -3.84. The first-order valence-electron chi connectivity index (χ1n) is 12.4. The number of benzene rings is 3. The number of aromatic nitrogens is 1. The van der Waals surface area contributed by atoms with Gasteiger partial charge in [-0.1, -0.05) is 47.5 Å². The predicted octanol–water partition coefficient (Wildman–Crippen LogP) is 8.93. The van der Waals surface area contributed by atoms with E-state index in [-0.39, 0.29) is 12.1 Å². The molecule has 0 aliphatic carbocycles. The highest BCUT2D eigenvalue weighted by Crippen LogP contribution is 2.43. The Labute approximate surface area is 242 Å². The fraction of sp³-hybridized carbons (Fsp3) is 0.0968. The van der Waals surface area contributed by atoms with Crippen molar-refractivity contribution in [1.29, 1.82) is 0 Å². The van der Waals surface area contributed by atoms with Gasteiger partial charge in [-0.3, -0.25) is 4.98 Å². The van der Waals surface area contributed by atoms with E-state index in [0.29, 0.717) is 20.9 Å². The minimum atomic E-state index is -0.285. The third-order valence-corrected chi connectivity index (χ3v) is 7.71. The number of nitrogens with zero attached hydrogens (tertiary/aromatic N) is 2. The molecule has 5 nitrogen and oxygen atoms in total. The SMILES string of the molecule is Cc1ccccc1Oc1ccc(N2C(=S)NC(c3ccccn3)C2c2ccc(-c3ccc(Cl)c(Cl)c3)o2)cc1. The molecule has 0 spiro atoms. The summed E-state index contributed by atoms with van der Waals surface area (Å²) in [6.45, 7) is 2.02. The quantitative estimate of drug-likeness (QED) is 0.205. The minimum Gasteiger partial charge on any atom is -0.459 e. The van der Waals surface area contributed by atoms with Crippen LogP contribution in [0.15, 0.2) is 108 Å². The molecule has 0 bridgehead atoms. The average molecular weight is 573 g/mol. The van der Waals surface area contributed by atoms with Crippen molar-refractivity contribution in [3.63, 3.8) is 0 Å². The number of pyridine rings is 1. The van der Waals surface area contributed by atoms with Gasteiger partial charge < -0.3 is 19.4 Å². The van der Waals surface area contributed by atoms with E-state index in [1.54, 1.807) is 18.3 Å². The van der Waals surface area contributed by atoms with Crippen molar-refractivity contribution < 1.29 is 9.15 Å². The van der Waals surface area contributed by atoms with Gasteiger partial charge in [0.2, 0.25) is 0 Å². The number of aryl methyl sites for hydroxylation is 1. The number of hydrogen-bond acceptors (Lipinski definition) is 4. The van der Waals surface area contributed by atoms with Crippen molar-refractivity contribution in [1.82, 2.24) is 10.3 Å². The number of thiocarbonyl (C=S) groups is 1. The van der Waals surface area contributed by atoms with Crippen molar-refractivity contribution in [2.24, 2.45) is 0 Å². The van der Waals surface area contributed by atoms with Crippen LogP contribution in [0.3, 0.4) is 0 Å². The standard InChI is InChI=1S/C31H23Cl2N3O2S/c1-19-6-2-3-8-26(19)37-22-12-10-21(11-13-22)36-30(29(35-31(36)39)25-7-4-5-17-34-25)28-16-15-27(38-28)20-9-14-23(32)24(33)18-20/h2-18,29-30H,1H3,(H,35,39). The predicted molar refractivity (Wildman–Crippen MR) is 160 cm³/mol. The molecular formula is C31H23Cl2N3O2S. The summed E-state index contributed by atoms with van der Waals surface area (Å²) in [6.07, 6.45) is 1.78. The Morgan fingerprint density at radius 1 is 0.897 bits per heavy atom. The zero-order valence-electron chi connectivity index (χ0n) is 20.8. The molecule has 2 aromatic heterocycles. The Bertz CT molecular complexity index is 1640. The van der Waals surface area contributed by atoms with Gasteiger partial charge in [0, 0.05) is 17.4 Å². The van der Waals surface area contributed by atoms with Gasteiger partial charge in [0.1, 0.15) is 29.1 Å². The molecule has 3 aromatic carbocycles. The summed E-state index contributed by atoms with van der Waals surface area (Å²) in [5, 5.41) is 5.00. The number of nitrogens with one attached hydrogen (secondary N) is 1. The number of furan rings is 1. The van der Waals surface area contributed by atoms with Gasteiger partial charge in [-0.25, -0.2) is 0 Å². The molecule has 5 aromatic rings. The normalized spacial score (nSPS) is 16.8. The molecule has 0 amide bonds. The molecule has 1 fully saturated rings. The topological polar surface area (TPSA) is 50.5 Å². The summed E-state index contributed by atoms with van der Waals surface area (Å²) in [5.74, 6) is 2.98. The average Bonchev–Trinajstić information content (AvgIpc) is 3.57. The number of anilines is 1. The third-order valence-electron chi connectivity index (χ3n) is 6.66. The van der Waals surface area contributed by atoms with Crippen LogP contribution in [0.25, 0.3) is 11.3 Å². The van der Waals surface area contributed by atoms with Crippen LogP contribution >= 0.6 is 35.4 Å². The lowest BCUT2D eigenvalue weighted by atomic mass is 10.0. The largest absolute Gasteiger partial charge is 0.459 e. The molecule has 194 valence electrons. The number of halogens is 2. The zero-order valence-corrected chi connectivity index (χ0v) is 23.2. The van der Waals surface area contributed by atoms with Crippen LogP contribution in [0.4, 0.5) is 5.69 Å². The lowest BCUT2D eigenvalue weighted by Gasteiger charge is -2.26. The van der Waals surface area contributed by atoms with E-state index in [9.17, 15) is 0 Å². The Balaban J connectivity index is 1.36. The molecule has 2 atom stereocenters. The lowest BCUT2D eigenvalue weighted by Crippen LogP contribution is -2.29. The fourth-order valence-electron chi connectivity index (χ4n) is 4.71. The number of ether oxygens (including phenoxy) is 1. The van der Waals surface area contributed by atoms with E-state index in [4.69, 9.17) is 44.6 Å². The summed E-state index contributed by atoms with van der Waals surface area (Å²) in [7, 11) is 0. The van der Waals surface area contributed by atoms with E-state index in [2.05, 4.69) is 15.2 Å². The second-order valence-corrected chi connectivity index (χ2v) is 10.4. The highest BCUT2D eigenvalue weighted by Gasteiger charge is 2.42. The summed E-state index contributed by atoms with van der Waals surface area (Å²) >= 11 is 18.2. The molecule has 6 rings (SSSR count). The van der Waals surface area contributed by atoms with Crippen LogP contribution in [0.2, 0.25) is 10.0 Å². The van der Waals surface area contributed by atoms with Crippen LogP contribution < -0.4 is 15.0 Å². The summed E-state index contributed by atoms with van der Waals surface area (Å²) in [6, 6.07) is 30.5. The van der Waals surface area contributed by atoms with Crippen LogP contribution in [-0.4, -0.2) is 10.1 Å². The number of rotatable bonds is 6. The molecule has 1 saturated heterocycles. The number of hydrogen-bond donors (Lipinski definition) is 1. The summed E-state index contributed by atoms with van der Waals surface area (Å²) in [5.41, 5.74) is 3.67. The second kappa shape index (κ2) is 10.7. The van der Waals surface area contributed by atoms with E-state index in [1.165, 1.54) is 0 Å². The van der Waals surface area contributed by atoms with Gasteiger partial charge in [-0.15, -0.1) is 0 Å². The van der Waals surface area contributed by atoms with Crippen LogP contribution in [0, 0.1) is 6.92 Å². The van der Waals surface area contributed by atoms with Crippen molar-refractivity contribution in [3.8, 4) is 22.8 Å². The molecular weight excluding hydrogens is 549 g/mol.